The first-order chi connectivity index (χ1) is 13.2. The van der Waals surface area contributed by atoms with Crippen molar-refractivity contribution in [2.45, 2.75) is 13.0 Å². The van der Waals surface area contributed by atoms with Crippen LogP contribution >= 0.6 is 0 Å². The molecule has 0 aliphatic carbocycles. The topological polar surface area (TPSA) is 55.2 Å². The van der Waals surface area contributed by atoms with Gasteiger partial charge in [-0.3, -0.25) is 4.79 Å². The number of amides is 1. The first-order valence-corrected chi connectivity index (χ1v) is 9.61. The second kappa shape index (κ2) is 7.88. The van der Waals surface area contributed by atoms with E-state index in [4.69, 9.17) is 9.47 Å². The minimum atomic E-state index is -0.658. The minimum absolute atomic E-state index is 0.185. The van der Waals surface area contributed by atoms with E-state index >= 15 is 0 Å². The molecule has 0 bridgehead atoms. The average molecular weight is 368 g/mol. The predicted molar refractivity (Wildman–Crippen MR) is 105 cm³/mol. The number of anilines is 2. The van der Waals surface area contributed by atoms with E-state index < -0.39 is 6.10 Å². The standard InChI is InChI=1S/C21H25N3O3/c1-2-23-11-13-24(14-12-23)17-8-4-3-7-16(17)22-21(25)20-15-26-18-9-5-6-10-19(18)27-20/h3-10,20H,2,11-15H2,1H3,(H,22,25)/p+1/t20-/m1/s1. The van der Waals surface area contributed by atoms with Crippen molar-refractivity contribution < 1.29 is 19.2 Å². The number of para-hydroxylation sites is 4. The van der Waals surface area contributed by atoms with Gasteiger partial charge in [0.15, 0.2) is 11.5 Å². The summed E-state index contributed by atoms with van der Waals surface area (Å²) in [7, 11) is 0. The number of piperazine rings is 1. The average Bonchev–Trinajstić information content (AvgIpc) is 2.74. The van der Waals surface area contributed by atoms with E-state index in [1.54, 1.807) is 4.90 Å². The van der Waals surface area contributed by atoms with Gasteiger partial charge in [-0.05, 0) is 31.2 Å². The lowest BCUT2D eigenvalue weighted by atomic mass is 10.2. The smallest absolute Gasteiger partial charge is 0.269 e. The van der Waals surface area contributed by atoms with Gasteiger partial charge in [-0.1, -0.05) is 24.3 Å². The fraction of sp³-hybridized carbons (Fsp3) is 0.381. The summed E-state index contributed by atoms with van der Waals surface area (Å²) in [5, 5.41) is 3.04. The number of benzene rings is 2. The Labute approximate surface area is 159 Å². The number of hydrogen-bond donors (Lipinski definition) is 2. The monoisotopic (exact) mass is 368 g/mol. The molecule has 2 heterocycles. The van der Waals surface area contributed by atoms with E-state index in [9.17, 15) is 4.79 Å². The molecule has 0 spiro atoms. The van der Waals surface area contributed by atoms with Gasteiger partial charge in [-0.25, -0.2) is 0 Å². The number of likely N-dealkylation sites (N-methyl/N-ethyl adjacent to an activating group) is 1. The molecule has 0 aromatic heterocycles. The van der Waals surface area contributed by atoms with Crippen LogP contribution in [0.1, 0.15) is 6.92 Å². The maximum absolute atomic E-state index is 12.8. The molecule has 142 valence electrons. The number of hydrogen-bond acceptors (Lipinski definition) is 4. The number of rotatable bonds is 4. The lowest BCUT2D eigenvalue weighted by molar-refractivity contribution is -0.898. The Bertz CT molecular complexity index is 803. The van der Waals surface area contributed by atoms with Gasteiger partial charge in [0, 0.05) is 0 Å². The van der Waals surface area contributed by atoms with Crippen LogP contribution in [-0.4, -0.2) is 51.3 Å². The Morgan fingerprint density at radius 1 is 1.11 bits per heavy atom. The molecule has 0 radical (unpaired) electrons. The molecule has 6 heteroatoms. The van der Waals surface area contributed by atoms with Gasteiger partial charge in [0.1, 0.15) is 6.61 Å². The molecule has 0 unspecified atom stereocenters. The summed E-state index contributed by atoms with van der Waals surface area (Å²) in [6.45, 7) is 7.82. The molecule has 2 aromatic rings. The maximum Gasteiger partial charge on any atom is 0.269 e. The highest BCUT2D eigenvalue weighted by Gasteiger charge is 2.28. The third-order valence-corrected chi connectivity index (χ3v) is 5.27. The zero-order valence-corrected chi connectivity index (χ0v) is 15.6. The van der Waals surface area contributed by atoms with E-state index in [0.717, 1.165) is 44.1 Å². The molecule has 2 aromatic carbocycles. The fourth-order valence-corrected chi connectivity index (χ4v) is 3.63. The normalized spacial score (nSPS) is 19.6. The Balaban J connectivity index is 1.45. The minimum Gasteiger partial charge on any atom is -0.485 e. The van der Waals surface area contributed by atoms with Crippen LogP contribution in [0.25, 0.3) is 0 Å². The van der Waals surface area contributed by atoms with Crippen molar-refractivity contribution in [2.75, 3.05) is 49.5 Å². The molecule has 4 rings (SSSR count). The molecule has 1 atom stereocenters. The molecule has 2 N–H and O–H groups in total. The van der Waals surface area contributed by atoms with E-state index in [1.807, 2.05) is 42.5 Å². The molecule has 1 amide bonds. The van der Waals surface area contributed by atoms with Crippen molar-refractivity contribution in [1.29, 1.82) is 0 Å². The number of quaternary nitrogens is 1. The highest BCUT2D eigenvalue weighted by Crippen LogP contribution is 2.32. The zero-order chi connectivity index (χ0) is 18.6. The molecule has 2 aliphatic rings. The van der Waals surface area contributed by atoms with Crippen LogP contribution in [0.15, 0.2) is 48.5 Å². The molecule has 1 fully saturated rings. The van der Waals surface area contributed by atoms with Crippen LogP contribution in [0.4, 0.5) is 11.4 Å². The van der Waals surface area contributed by atoms with Crippen molar-refractivity contribution >= 4 is 17.3 Å². The molecule has 0 saturated carbocycles. The summed E-state index contributed by atoms with van der Waals surface area (Å²) in [4.78, 5) is 16.7. The second-order valence-electron chi connectivity index (χ2n) is 6.96. The van der Waals surface area contributed by atoms with Crippen molar-refractivity contribution in [2.24, 2.45) is 0 Å². The van der Waals surface area contributed by atoms with Crippen LogP contribution in [0.2, 0.25) is 0 Å². The van der Waals surface area contributed by atoms with Gasteiger partial charge in [0.2, 0.25) is 6.10 Å². The predicted octanol–water partition coefficient (Wildman–Crippen LogP) is 1.19. The van der Waals surface area contributed by atoms with Crippen LogP contribution in [0.5, 0.6) is 11.5 Å². The van der Waals surface area contributed by atoms with Crippen molar-refractivity contribution in [1.82, 2.24) is 0 Å². The van der Waals surface area contributed by atoms with Crippen molar-refractivity contribution in [3.8, 4) is 11.5 Å². The molecule has 6 nitrogen and oxygen atoms in total. The van der Waals surface area contributed by atoms with E-state index in [-0.39, 0.29) is 12.5 Å². The number of carbonyl (C=O) groups is 1. The SMILES string of the molecule is CC[NH+]1CCN(c2ccccc2NC(=O)[C@H]2COc3ccccc3O2)CC1. The number of fused-ring (bicyclic) bond motifs is 1. The lowest BCUT2D eigenvalue weighted by Crippen LogP contribution is -3.14. The quantitative estimate of drug-likeness (QED) is 0.851. The number of carbonyl (C=O) groups excluding carboxylic acids is 1. The van der Waals surface area contributed by atoms with Crippen molar-refractivity contribution in [3.05, 3.63) is 48.5 Å². The molecular formula is C21H26N3O3+. The third kappa shape index (κ3) is 3.85. The maximum atomic E-state index is 12.8. The van der Waals surface area contributed by atoms with Gasteiger partial charge in [-0.15, -0.1) is 0 Å². The summed E-state index contributed by atoms with van der Waals surface area (Å²) in [5.74, 6) is 1.10. The third-order valence-electron chi connectivity index (χ3n) is 5.27. The van der Waals surface area contributed by atoms with Gasteiger partial charge in [0.05, 0.1) is 44.1 Å². The van der Waals surface area contributed by atoms with E-state index in [0.29, 0.717) is 11.5 Å². The summed E-state index contributed by atoms with van der Waals surface area (Å²) < 4.78 is 11.5. The summed E-state index contributed by atoms with van der Waals surface area (Å²) in [6.07, 6.45) is -0.658. The van der Waals surface area contributed by atoms with Crippen LogP contribution in [-0.2, 0) is 4.79 Å². The lowest BCUT2D eigenvalue weighted by Gasteiger charge is -2.34. The van der Waals surface area contributed by atoms with E-state index in [2.05, 4.69) is 23.2 Å². The van der Waals surface area contributed by atoms with Crippen molar-refractivity contribution in [3.63, 3.8) is 0 Å². The second-order valence-corrected chi connectivity index (χ2v) is 6.96. The van der Waals surface area contributed by atoms with Crippen LogP contribution in [0.3, 0.4) is 0 Å². The first kappa shape index (κ1) is 17.7. The molecule has 1 saturated heterocycles. The Morgan fingerprint density at radius 3 is 2.59 bits per heavy atom. The highest BCUT2D eigenvalue weighted by molar-refractivity contribution is 5.97. The van der Waals surface area contributed by atoms with E-state index in [1.165, 1.54) is 0 Å². The van der Waals surface area contributed by atoms with Crippen LogP contribution < -0.4 is 24.6 Å². The Kier molecular flexibility index (Phi) is 5.16. The number of nitrogens with one attached hydrogen (secondary N) is 2. The first-order valence-electron chi connectivity index (χ1n) is 9.61. The van der Waals surface area contributed by atoms with Gasteiger partial charge in [0.25, 0.3) is 5.91 Å². The largest absolute Gasteiger partial charge is 0.485 e. The van der Waals surface area contributed by atoms with Gasteiger partial charge >= 0.3 is 0 Å². The van der Waals surface area contributed by atoms with Gasteiger partial charge < -0.3 is 24.6 Å². The van der Waals surface area contributed by atoms with Gasteiger partial charge in [-0.2, -0.15) is 0 Å². The van der Waals surface area contributed by atoms with Crippen LogP contribution in [0, 0.1) is 0 Å². The fourth-order valence-electron chi connectivity index (χ4n) is 3.63. The summed E-state index contributed by atoms with van der Waals surface area (Å²) in [6, 6.07) is 15.4. The number of nitrogens with zero attached hydrogens (tertiary/aromatic N) is 1. The number of ether oxygens (including phenoxy) is 2. The molecule has 27 heavy (non-hydrogen) atoms. The zero-order valence-electron chi connectivity index (χ0n) is 15.6. The summed E-state index contributed by atoms with van der Waals surface area (Å²) >= 11 is 0. The summed E-state index contributed by atoms with van der Waals surface area (Å²) in [5.41, 5.74) is 1.89. The molecular weight excluding hydrogens is 342 g/mol. The molecule has 2 aliphatic heterocycles. The Hall–Kier alpha value is -2.73. The Morgan fingerprint density at radius 2 is 1.81 bits per heavy atom. The highest BCUT2D eigenvalue weighted by atomic mass is 16.6.